The van der Waals surface area contributed by atoms with Crippen LogP contribution in [0.25, 0.3) is 0 Å². The molecule has 1 heterocycles. The number of rotatable bonds is 7. The van der Waals surface area contributed by atoms with Crippen LogP contribution < -0.4 is 19.5 Å². The standard InChI is InChI=1S/C21H26N2O6S/c1-5-23(6-2)30(25,26)16-8-7-14(3)17(13-16)22-21(24)15-11-18(27-4)20-19(12-15)28-9-10-29-20/h7-8,11-13H,5-6,9-10H2,1-4H3,(H,22,24). The minimum atomic E-state index is -3.64. The number of ether oxygens (including phenoxy) is 3. The average molecular weight is 435 g/mol. The molecule has 8 nitrogen and oxygen atoms in total. The molecule has 1 aliphatic heterocycles. The van der Waals surface area contributed by atoms with Crippen LogP contribution in [0.3, 0.4) is 0 Å². The van der Waals surface area contributed by atoms with Gasteiger partial charge in [0.1, 0.15) is 13.2 Å². The maximum Gasteiger partial charge on any atom is 0.255 e. The first kappa shape index (κ1) is 21.9. The Morgan fingerprint density at radius 3 is 2.50 bits per heavy atom. The highest BCUT2D eigenvalue weighted by Gasteiger charge is 2.24. The molecule has 0 spiro atoms. The number of amides is 1. The minimum Gasteiger partial charge on any atom is -0.493 e. The molecule has 0 radical (unpaired) electrons. The molecule has 0 saturated carbocycles. The average Bonchev–Trinajstić information content (AvgIpc) is 2.74. The van der Waals surface area contributed by atoms with Crippen molar-refractivity contribution in [3.63, 3.8) is 0 Å². The first-order chi connectivity index (χ1) is 14.3. The number of carbonyl (C=O) groups excluding carboxylic acids is 1. The second kappa shape index (κ2) is 8.93. The van der Waals surface area contributed by atoms with Gasteiger partial charge >= 0.3 is 0 Å². The van der Waals surface area contributed by atoms with Gasteiger partial charge in [0.25, 0.3) is 5.91 Å². The first-order valence-electron chi connectivity index (χ1n) is 9.71. The van der Waals surface area contributed by atoms with Gasteiger partial charge in [0.15, 0.2) is 11.5 Å². The lowest BCUT2D eigenvalue weighted by Gasteiger charge is -2.21. The van der Waals surface area contributed by atoms with Crippen molar-refractivity contribution in [1.82, 2.24) is 4.31 Å². The molecule has 0 unspecified atom stereocenters. The van der Waals surface area contributed by atoms with Gasteiger partial charge in [-0.05, 0) is 36.8 Å². The van der Waals surface area contributed by atoms with Crippen LogP contribution >= 0.6 is 0 Å². The summed E-state index contributed by atoms with van der Waals surface area (Å²) in [6.07, 6.45) is 0. The molecule has 2 aromatic carbocycles. The number of benzene rings is 2. The lowest BCUT2D eigenvalue weighted by Crippen LogP contribution is -2.30. The Kier molecular flexibility index (Phi) is 6.52. The number of hydrogen-bond acceptors (Lipinski definition) is 6. The SMILES string of the molecule is CCN(CC)S(=O)(=O)c1ccc(C)c(NC(=O)c2cc(OC)c3c(c2)OCCO3)c1. The molecule has 0 aliphatic carbocycles. The molecular formula is C21H26N2O6S. The van der Waals surface area contributed by atoms with Crippen LogP contribution in [-0.2, 0) is 10.0 Å². The maximum absolute atomic E-state index is 12.9. The monoisotopic (exact) mass is 434 g/mol. The van der Waals surface area contributed by atoms with E-state index in [9.17, 15) is 13.2 Å². The number of methoxy groups -OCH3 is 1. The van der Waals surface area contributed by atoms with Crippen molar-refractivity contribution < 1.29 is 27.4 Å². The predicted molar refractivity (Wildman–Crippen MR) is 113 cm³/mol. The smallest absolute Gasteiger partial charge is 0.255 e. The number of nitrogens with zero attached hydrogens (tertiary/aromatic N) is 1. The van der Waals surface area contributed by atoms with E-state index >= 15 is 0 Å². The van der Waals surface area contributed by atoms with Crippen molar-refractivity contribution in [1.29, 1.82) is 0 Å². The van der Waals surface area contributed by atoms with E-state index in [1.54, 1.807) is 45.0 Å². The molecule has 30 heavy (non-hydrogen) atoms. The van der Waals surface area contributed by atoms with E-state index in [0.717, 1.165) is 5.56 Å². The van der Waals surface area contributed by atoms with Gasteiger partial charge in [0.2, 0.25) is 15.8 Å². The van der Waals surface area contributed by atoms with Crippen LogP contribution in [0.5, 0.6) is 17.2 Å². The van der Waals surface area contributed by atoms with E-state index in [0.29, 0.717) is 54.8 Å². The van der Waals surface area contributed by atoms with Gasteiger partial charge in [-0.25, -0.2) is 8.42 Å². The van der Waals surface area contributed by atoms with Gasteiger partial charge in [-0.1, -0.05) is 19.9 Å². The summed E-state index contributed by atoms with van der Waals surface area (Å²) in [6, 6.07) is 7.85. The summed E-state index contributed by atoms with van der Waals surface area (Å²) >= 11 is 0. The fourth-order valence-electron chi connectivity index (χ4n) is 3.21. The summed E-state index contributed by atoms with van der Waals surface area (Å²) in [4.78, 5) is 13.0. The van der Waals surface area contributed by atoms with E-state index < -0.39 is 15.9 Å². The van der Waals surface area contributed by atoms with Crippen molar-refractivity contribution in [3.05, 3.63) is 41.5 Å². The van der Waals surface area contributed by atoms with Gasteiger partial charge in [-0.3, -0.25) is 4.79 Å². The third-order valence-corrected chi connectivity index (χ3v) is 6.94. The largest absolute Gasteiger partial charge is 0.493 e. The zero-order valence-corrected chi connectivity index (χ0v) is 18.3. The molecule has 1 aliphatic rings. The fourth-order valence-corrected chi connectivity index (χ4v) is 4.69. The van der Waals surface area contributed by atoms with Gasteiger partial charge in [0.05, 0.1) is 12.0 Å². The quantitative estimate of drug-likeness (QED) is 0.720. The summed E-state index contributed by atoms with van der Waals surface area (Å²) in [6.45, 7) is 6.89. The molecule has 3 rings (SSSR count). The fraction of sp³-hybridized carbons (Fsp3) is 0.381. The van der Waals surface area contributed by atoms with Crippen molar-refractivity contribution in [3.8, 4) is 17.2 Å². The Labute approximate surface area is 176 Å². The second-order valence-corrected chi connectivity index (χ2v) is 8.66. The maximum atomic E-state index is 12.9. The van der Waals surface area contributed by atoms with Crippen LogP contribution in [0, 0.1) is 6.92 Å². The Morgan fingerprint density at radius 1 is 1.13 bits per heavy atom. The summed E-state index contributed by atoms with van der Waals surface area (Å²) < 4.78 is 43.5. The number of hydrogen-bond donors (Lipinski definition) is 1. The molecule has 1 N–H and O–H groups in total. The van der Waals surface area contributed by atoms with E-state index in [2.05, 4.69) is 5.32 Å². The van der Waals surface area contributed by atoms with Crippen LogP contribution in [0.4, 0.5) is 5.69 Å². The molecule has 0 fully saturated rings. The third kappa shape index (κ3) is 4.22. The normalized spacial score (nSPS) is 13.2. The lowest BCUT2D eigenvalue weighted by molar-refractivity contribution is 0.102. The van der Waals surface area contributed by atoms with Crippen LogP contribution in [-0.4, -0.2) is 52.0 Å². The highest BCUT2D eigenvalue weighted by Crippen LogP contribution is 2.40. The summed E-state index contributed by atoms with van der Waals surface area (Å²) in [7, 11) is -2.15. The van der Waals surface area contributed by atoms with E-state index in [1.165, 1.54) is 17.5 Å². The van der Waals surface area contributed by atoms with E-state index in [-0.39, 0.29) is 4.90 Å². The summed E-state index contributed by atoms with van der Waals surface area (Å²) in [5.74, 6) is 0.877. The molecule has 0 bridgehead atoms. The van der Waals surface area contributed by atoms with Crippen molar-refractivity contribution in [2.24, 2.45) is 0 Å². The number of fused-ring (bicyclic) bond motifs is 1. The molecule has 2 aromatic rings. The zero-order valence-electron chi connectivity index (χ0n) is 17.5. The highest BCUT2D eigenvalue weighted by molar-refractivity contribution is 7.89. The van der Waals surface area contributed by atoms with Crippen LogP contribution in [0.2, 0.25) is 0 Å². The molecule has 0 atom stereocenters. The van der Waals surface area contributed by atoms with E-state index in [4.69, 9.17) is 14.2 Å². The lowest BCUT2D eigenvalue weighted by atomic mass is 10.1. The predicted octanol–water partition coefficient (Wildman–Crippen LogP) is 3.06. The van der Waals surface area contributed by atoms with Gasteiger partial charge in [0, 0.05) is 24.3 Å². The topological polar surface area (TPSA) is 94.2 Å². The van der Waals surface area contributed by atoms with Gasteiger partial charge in [-0.2, -0.15) is 4.31 Å². The molecule has 1 amide bonds. The summed E-state index contributed by atoms with van der Waals surface area (Å²) in [5.41, 5.74) is 1.47. The highest BCUT2D eigenvalue weighted by atomic mass is 32.2. The summed E-state index contributed by atoms with van der Waals surface area (Å²) in [5, 5.41) is 2.80. The Morgan fingerprint density at radius 2 is 1.83 bits per heavy atom. The zero-order chi connectivity index (χ0) is 21.9. The van der Waals surface area contributed by atoms with Crippen molar-refractivity contribution in [2.45, 2.75) is 25.7 Å². The van der Waals surface area contributed by atoms with Crippen molar-refractivity contribution in [2.75, 3.05) is 38.7 Å². The molecule has 162 valence electrons. The number of carbonyl (C=O) groups is 1. The van der Waals surface area contributed by atoms with Gasteiger partial charge in [-0.15, -0.1) is 0 Å². The Bertz CT molecular complexity index is 1030. The third-order valence-electron chi connectivity index (χ3n) is 4.89. The molecule has 0 saturated heterocycles. The molecule has 0 aromatic heterocycles. The second-order valence-electron chi connectivity index (χ2n) is 6.72. The minimum absolute atomic E-state index is 0.131. The van der Waals surface area contributed by atoms with Crippen molar-refractivity contribution >= 4 is 21.6 Å². The number of anilines is 1. The Balaban J connectivity index is 1.92. The number of sulfonamides is 1. The van der Waals surface area contributed by atoms with Gasteiger partial charge < -0.3 is 19.5 Å². The number of nitrogens with one attached hydrogen (secondary N) is 1. The Hall–Kier alpha value is -2.78. The van der Waals surface area contributed by atoms with Crippen LogP contribution in [0.15, 0.2) is 35.2 Å². The first-order valence-corrected chi connectivity index (χ1v) is 11.2. The molecule has 9 heteroatoms. The molecular weight excluding hydrogens is 408 g/mol. The number of aryl methyl sites for hydroxylation is 1. The van der Waals surface area contributed by atoms with E-state index in [1.807, 2.05) is 0 Å². The van der Waals surface area contributed by atoms with Crippen LogP contribution in [0.1, 0.15) is 29.8 Å².